The first-order valence-electron chi connectivity index (χ1n) is 8.26. The number of carbonyl (C=O) groups is 1. The van der Waals surface area contributed by atoms with Crippen LogP contribution in [0.1, 0.15) is 78.2 Å². The molecule has 0 fully saturated rings. The van der Waals surface area contributed by atoms with E-state index < -0.39 is 0 Å². The molecule has 1 N–H and O–H groups in total. The van der Waals surface area contributed by atoms with Crippen LogP contribution in [0.3, 0.4) is 0 Å². The van der Waals surface area contributed by atoms with Crippen molar-refractivity contribution in [1.82, 2.24) is 5.32 Å². The quantitative estimate of drug-likeness (QED) is 0.702. The van der Waals surface area contributed by atoms with Gasteiger partial charge in [0.1, 0.15) is 0 Å². The highest BCUT2D eigenvalue weighted by Crippen LogP contribution is 2.29. The van der Waals surface area contributed by atoms with E-state index in [1.807, 2.05) is 13.8 Å². The Kier molecular flexibility index (Phi) is 6.49. The molecule has 0 heterocycles. The van der Waals surface area contributed by atoms with Crippen LogP contribution in [0.15, 0.2) is 0 Å². The molecule has 1 rings (SSSR count). The summed E-state index contributed by atoms with van der Waals surface area (Å²) in [6, 6.07) is 0. The molecule has 22 heavy (non-hydrogen) atoms. The molecule has 2 nitrogen and oxygen atoms in total. The molecule has 0 unspecified atom stereocenters. The second-order valence-electron chi connectivity index (χ2n) is 6.28. The maximum absolute atomic E-state index is 12.9. The van der Waals surface area contributed by atoms with Crippen LogP contribution in [0.4, 0.5) is 0 Å². The molecular formula is C19H30ClNO. The Labute approximate surface area is 140 Å². The first kappa shape index (κ1) is 19.0. The van der Waals surface area contributed by atoms with Gasteiger partial charge < -0.3 is 5.32 Å². The van der Waals surface area contributed by atoms with E-state index in [0.29, 0.717) is 5.88 Å². The predicted octanol–water partition coefficient (Wildman–Crippen LogP) is 5.36. The monoisotopic (exact) mass is 323 g/mol. The van der Waals surface area contributed by atoms with Gasteiger partial charge in [0.05, 0.1) is 0 Å². The Morgan fingerprint density at radius 3 is 1.64 bits per heavy atom. The van der Waals surface area contributed by atoms with Crippen molar-refractivity contribution in [3.63, 3.8) is 0 Å². The first-order chi connectivity index (χ1) is 10.3. The number of rotatable bonds is 6. The maximum atomic E-state index is 12.9. The Bertz CT molecular complexity index is 522. The number of hydrogen-bond donors (Lipinski definition) is 1. The Balaban J connectivity index is 3.36. The number of nitrogens with one attached hydrogen (secondary N) is 1. The molecule has 1 amide bonds. The van der Waals surface area contributed by atoms with Crippen LogP contribution in [-0.4, -0.2) is 11.4 Å². The minimum atomic E-state index is -0.108. The minimum absolute atomic E-state index is 0.0490. The number of hydrogen-bond acceptors (Lipinski definition) is 1. The molecule has 0 spiro atoms. The molecule has 0 bridgehead atoms. The van der Waals surface area contributed by atoms with Gasteiger partial charge in [0.25, 0.3) is 5.91 Å². The van der Waals surface area contributed by atoms with Crippen LogP contribution in [-0.2, 0) is 5.88 Å². The molecule has 0 aliphatic rings. The zero-order valence-electron chi connectivity index (χ0n) is 15.1. The molecule has 0 atom stereocenters. The van der Waals surface area contributed by atoms with E-state index in [1.165, 1.54) is 0 Å². The molecule has 3 heteroatoms. The third kappa shape index (κ3) is 3.32. The zero-order chi connectivity index (χ0) is 17.1. The third-order valence-electron chi connectivity index (χ3n) is 5.55. The van der Waals surface area contributed by atoms with Gasteiger partial charge in [-0.15, -0.1) is 11.6 Å². The van der Waals surface area contributed by atoms with Crippen LogP contribution in [0.25, 0.3) is 0 Å². The number of amides is 1. The van der Waals surface area contributed by atoms with E-state index in [2.05, 4.69) is 39.9 Å². The summed E-state index contributed by atoms with van der Waals surface area (Å²) >= 11 is 6.09. The summed E-state index contributed by atoms with van der Waals surface area (Å²) in [6.07, 6.45) is 2.84. The van der Waals surface area contributed by atoms with Gasteiger partial charge in [-0.25, -0.2) is 0 Å². The number of halogens is 1. The molecule has 0 saturated carbocycles. The number of alkyl halides is 1. The topological polar surface area (TPSA) is 29.1 Å². The lowest BCUT2D eigenvalue weighted by Crippen LogP contribution is -2.47. The van der Waals surface area contributed by atoms with Crippen LogP contribution < -0.4 is 5.32 Å². The summed E-state index contributed by atoms with van der Waals surface area (Å²) in [6.45, 7) is 14.6. The Morgan fingerprint density at radius 2 is 1.32 bits per heavy atom. The summed E-state index contributed by atoms with van der Waals surface area (Å²) < 4.78 is 0. The highest BCUT2D eigenvalue weighted by atomic mass is 35.5. The summed E-state index contributed by atoms with van der Waals surface area (Å²) in [5.74, 6) is 0.539. The lowest BCUT2D eigenvalue weighted by molar-refractivity contribution is 0.0886. The minimum Gasteiger partial charge on any atom is -0.347 e. The molecule has 0 aliphatic heterocycles. The third-order valence-corrected chi connectivity index (χ3v) is 5.82. The van der Waals surface area contributed by atoms with Gasteiger partial charge >= 0.3 is 0 Å². The summed E-state index contributed by atoms with van der Waals surface area (Å²) in [7, 11) is 0. The van der Waals surface area contributed by atoms with Gasteiger partial charge in [0, 0.05) is 17.0 Å². The molecule has 0 aromatic heterocycles. The average Bonchev–Trinajstić information content (AvgIpc) is 2.51. The van der Waals surface area contributed by atoms with Crippen LogP contribution in [0.2, 0.25) is 0 Å². The van der Waals surface area contributed by atoms with E-state index >= 15 is 0 Å². The van der Waals surface area contributed by atoms with Gasteiger partial charge in [0.15, 0.2) is 0 Å². The summed E-state index contributed by atoms with van der Waals surface area (Å²) in [4.78, 5) is 12.9. The van der Waals surface area contributed by atoms with Crippen molar-refractivity contribution in [3.8, 4) is 0 Å². The highest BCUT2D eigenvalue weighted by Gasteiger charge is 2.28. The molecule has 124 valence electrons. The van der Waals surface area contributed by atoms with Gasteiger partial charge in [-0.2, -0.15) is 0 Å². The van der Waals surface area contributed by atoms with Crippen molar-refractivity contribution < 1.29 is 4.79 Å². The summed E-state index contributed by atoms with van der Waals surface area (Å²) in [5, 5.41) is 3.30. The van der Waals surface area contributed by atoms with E-state index in [9.17, 15) is 4.79 Å². The van der Waals surface area contributed by atoms with Crippen LogP contribution in [0, 0.1) is 27.7 Å². The average molecular weight is 324 g/mol. The second kappa shape index (κ2) is 7.50. The first-order valence-corrected chi connectivity index (χ1v) is 8.79. The van der Waals surface area contributed by atoms with Crippen LogP contribution in [0.5, 0.6) is 0 Å². The number of benzene rings is 1. The second-order valence-corrected chi connectivity index (χ2v) is 6.55. The number of carbonyl (C=O) groups excluding carboxylic acids is 1. The van der Waals surface area contributed by atoms with Gasteiger partial charge in [-0.3, -0.25) is 4.79 Å². The molecule has 0 aliphatic carbocycles. The van der Waals surface area contributed by atoms with Gasteiger partial charge in [-0.05, 0) is 74.8 Å². The lowest BCUT2D eigenvalue weighted by atomic mass is 9.86. The standard InChI is InChI=1S/C19H30ClNO/c1-8-19(9-2,10-3)21-18(22)17-14(6)12(4)16(11-20)13(5)15(17)7/h8-11H2,1-7H3,(H,21,22). The van der Waals surface area contributed by atoms with Crippen molar-refractivity contribution >= 4 is 17.5 Å². The van der Waals surface area contributed by atoms with Gasteiger partial charge in [0.2, 0.25) is 0 Å². The van der Waals surface area contributed by atoms with Crippen molar-refractivity contribution in [3.05, 3.63) is 33.4 Å². The largest absolute Gasteiger partial charge is 0.347 e. The Morgan fingerprint density at radius 1 is 0.909 bits per heavy atom. The maximum Gasteiger partial charge on any atom is 0.252 e. The molecule has 0 saturated heterocycles. The van der Waals surface area contributed by atoms with E-state index in [0.717, 1.165) is 52.6 Å². The Hall–Kier alpha value is -1.02. The fourth-order valence-corrected chi connectivity index (χ4v) is 3.65. The normalized spacial score (nSPS) is 11.6. The fraction of sp³-hybridized carbons (Fsp3) is 0.632. The van der Waals surface area contributed by atoms with Crippen molar-refractivity contribution in [2.45, 2.75) is 79.1 Å². The molecular weight excluding hydrogens is 294 g/mol. The molecule has 0 radical (unpaired) electrons. The molecule has 1 aromatic rings. The lowest BCUT2D eigenvalue weighted by Gasteiger charge is -2.32. The van der Waals surface area contributed by atoms with E-state index in [1.54, 1.807) is 0 Å². The van der Waals surface area contributed by atoms with E-state index in [-0.39, 0.29) is 11.4 Å². The van der Waals surface area contributed by atoms with Crippen molar-refractivity contribution in [2.24, 2.45) is 0 Å². The summed E-state index contributed by atoms with van der Waals surface area (Å²) in [5.41, 5.74) is 6.24. The highest BCUT2D eigenvalue weighted by molar-refractivity contribution is 6.17. The van der Waals surface area contributed by atoms with Crippen LogP contribution >= 0.6 is 11.6 Å². The predicted molar refractivity (Wildman–Crippen MR) is 96.0 cm³/mol. The zero-order valence-corrected chi connectivity index (χ0v) is 15.9. The van der Waals surface area contributed by atoms with E-state index in [4.69, 9.17) is 11.6 Å². The van der Waals surface area contributed by atoms with Crippen molar-refractivity contribution in [2.75, 3.05) is 0 Å². The smallest absolute Gasteiger partial charge is 0.252 e. The molecule has 1 aromatic carbocycles. The fourth-order valence-electron chi connectivity index (χ4n) is 3.25. The SMILES string of the molecule is CCC(CC)(CC)NC(=O)c1c(C)c(C)c(CCl)c(C)c1C. The van der Waals surface area contributed by atoms with Crippen molar-refractivity contribution in [1.29, 1.82) is 0 Å². The van der Waals surface area contributed by atoms with Gasteiger partial charge in [-0.1, -0.05) is 20.8 Å².